The maximum Gasteiger partial charge on any atom is 0.185 e. The lowest BCUT2D eigenvalue weighted by molar-refractivity contribution is 0.147. The molecule has 3 heterocycles. The first-order valence-electron chi connectivity index (χ1n) is 6.51. The summed E-state index contributed by atoms with van der Waals surface area (Å²) in [6.45, 7) is 9.19. The molecule has 0 unspecified atom stereocenters. The number of aryl methyl sites for hydroxylation is 1. The Morgan fingerprint density at radius 2 is 2.18 bits per heavy atom. The van der Waals surface area contributed by atoms with E-state index in [9.17, 15) is 0 Å². The zero-order valence-electron chi connectivity index (χ0n) is 10.4. The molecule has 2 fully saturated rings. The first kappa shape index (κ1) is 11.4. The van der Waals surface area contributed by atoms with Gasteiger partial charge < -0.3 is 10.2 Å². The number of thiazole rings is 1. The highest BCUT2D eigenvalue weighted by molar-refractivity contribution is 7.13. The minimum atomic E-state index is 0.756. The maximum atomic E-state index is 4.64. The van der Waals surface area contributed by atoms with E-state index in [4.69, 9.17) is 0 Å². The molecule has 0 atom stereocenters. The third-order valence-corrected chi connectivity index (χ3v) is 4.65. The lowest BCUT2D eigenvalue weighted by atomic mass is 10.1. The van der Waals surface area contributed by atoms with E-state index in [0.29, 0.717) is 0 Å². The van der Waals surface area contributed by atoms with Crippen molar-refractivity contribution < 1.29 is 0 Å². The maximum absolute atomic E-state index is 4.64. The molecule has 0 aromatic carbocycles. The monoisotopic (exact) mass is 252 g/mol. The van der Waals surface area contributed by atoms with Crippen molar-refractivity contribution in [1.82, 2.24) is 15.2 Å². The Hall–Kier alpha value is -0.650. The summed E-state index contributed by atoms with van der Waals surface area (Å²) in [4.78, 5) is 9.67. The minimum absolute atomic E-state index is 0.756. The van der Waals surface area contributed by atoms with Crippen LogP contribution in [0.5, 0.6) is 0 Å². The Morgan fingerprint density at radius 1 is 1.41 bits per heavy atom. The molecule has 0 saturated carbocycles. The van der Waals surface area contributed by atoms with Gasteiger partial charge in [0, 0.05) is 50.7 Å². The summed E-state index contributed by atoms with van der Waals surface area (Å²) in [7, 11) is 0. The third kappa shape index (κ3) is 2.32. The summed E-state index contributed by atoms with van der Waals surface area (Å²) < 4.78 is 0. The normalized spacial score (nSPS) is 22.8. The van der Waals surface area contributed by atoms with Gasteiger partial charge >= 0.3 is 0 Å². The van der Waals surface area contributed by atoms with E-state index in [0.717, 1.165) is 38.6 Å². The van der Waals surface area contributed by atoms with Crippen LogP contribution in [0.25, 0.3) is 0 Å². The van der Waals surface area contributed by atoms with E-state index >= 15 is 0 Å². The Labute approximate surface area is 107 Å². The number of nitrogens with zero attached hydrogens (tertiary/aromatic N) is 3. The van der Waals surface area contributed by atoms with Gasteiger partial charge in [-0.1, -0.05) is 6.92 Å². The minimum Gasteiger partial charge on any atom is -0.345 e. The van der Waals surface area contributed by atoms with Crippen molar-refractivity contribution in [3.05, 3.63) is 11.1 Å². The molecule has 0 radical (unpaired) electrons. The number of piperazine rings is 1. The number of anilines is 1. The molecule has 1 aromatic heterocycles. The lowest BCUT2D eigenvalue weighted by Gasteiger charge is -2.46. The van der Waals surface area contributed by atoms with Gasteiger partial charge in [0.1, 0.15) is 0 Å². The Bertz CT molecular complexity index is 366. The van der Waals surface area contributed by atoms with Crippen LogP contribution in [0.3, 0.4) is 0 Å². The zero-order chi connectivity index (χ0) is 11.7. The van der Waals surface area contributed by atoms with Crippen LogP contribution in [0.4, 0.5) is 5.13 Å². The van der Waals surface area contributed by atoms with Gasteiger partial charge in [-0.15, -0.1) is 11.3 Å². The molecule has 4 nitrogen and oxygen atoms in total. The van der Waals surface area contributed by atoms with E-state index in [1.54, 1.807) is 11.3 Å². The van der Waals surface area contributed by atoms with Crippen LogP contribution in [0, 0.1) is 0 Å². The summed E-state index contributed by atoms with van der Waals surface area (Å²) in [6, 6.07) is 0.756. The standard InChI is InChI=1S/C12H20N4S/c1-2-10-9-17-12(14-10)16-7-11(8-16)15-5-3-13-4-6-15/h9,11,13H,2-8H2,1H3. The summed E-state index contributed by atoms with van der Waals surface area (Å²) in [6.07, 6.45) is 1.05. The average molecular weight is 252 g/mol. The van der Waals surface area contributed by atoms with E-state index in [2.05, 4.69) is 32.4 Å². The fraction of sp³-hybridized carbons (Fsp3) is 0.750. The third-order valence-electron chi connectivity index (χ3n) is 3.70. The molecule has 5 heteroatoms. The Morgan fingerprint density at radius 3 is 2.82 bits per heavy atom. The van der Waals surface area contributed by atoms with Crippen LogP contribution in [-0.4, -0.2) is 55.2 Å². The van der Waals surface area contributed by atoms with Gasteiger partial charge in [0.2, 0.25) is 0 Å². The number of nitrogens with one attached hydrogen (secondary N) is 1. The van der Waals surface area contributed by atoms with Gasteiger partial charge in [0.15, 0.2) is 5.13 Å². The molecule has 2 aliphatic heterocycles. The SMILES string of the molecule is CCc1csc(N2CC(N3CCNCC3)C2)n1. The number of aromatic nitrogens is 1. The van der Waals surface area contributed by atoms with Crippen molar-refractivity contribution in [1.29, 1.82) is 0 Å². The second-order valence-electron chi connectivity index (χ2n) is 4.82. The first-order valence-corrected chi connectivity index (χ1v) is 7.39. The predicted molar refractivity (Wildman–Crippen MR) is 71.9 cm³/mol. The Kier molecular flexibility index (Phi) is 3.31. The summed E-state index contributed by atoms with van der Waals surface area (Å²) >= 11 is 1.79. The van der Waals surface area contributed by atoms with Gasteiger partial charge in [0.05, 0.1) is 5.69 Å². The fourth-order valence-corrected chi connectivity index (χ4v) is 3.42. The highest BCUT2D eigenvalue weighted by Crippen LogP contribution is 2.27. The smallest absolute Gasteiger partial charge is 0.185 e. The van der Waals surface area contributed by atoms with Crippen LogP contribution in [-0.2, 0) is 6.42 Å². The number of hydrogen-bond acceptors (Lipinski definition) is 5. The highest BCUT2D eigenvalue weighted by Gasteiger charge is 2.33. The van der Waals surface area contributed by atoms with E-state index < -0.39 is 0 Å². The fourth-order valence-electron chi connectivity index (χ4n) is 2.49. The van der Waals surface area contributed by atoms with Crippen molar-refractivity contribution in [2.45, 2.75) is 19.4 Å². The van der Waals surface area contributed by atoms with Gasteiger partial charge in [0.25, 0.3) is 0 Å². The molecule has 0 aliphatic carbocycles. The summed E-state index contributed by atoms with van der Waals surface area (Å²) in [5, 5.41) is 6.81. The van der Waals surface area contributed by atoms with Crippen LogP contribution in [0.2, 0.25) is 0 Å². The van der Waals surface area contributed by atoms with Gasteiger partial charge in [-0.3, -0.25) is 4.90 Å². The van der Waals surface area contributed by atoms with Crippen LogP contribution < -0.4 is 10.2 Å². The number of hydrogen-bond donors (Lipinski definition) is 1. The molecule has 0 bridgehead atoms. The summed E-state index contributed by atoms with van der Waals surface area (Å²) in [5.41, 5.74) is 1.23. The van der Waals surface area contributed by atoms with Gasteiger partial charge in [-0.2, -0.15) is 0 Å². The van der Waals surface area contributed by atoms with Crippen molar-refractivity contribution >= 4 is 16.5 Å². The summed E-state index contributed by atoms with van der Waals surface area (Å²) in [5.74, 6) is 0. The van der Waals surface area contributed by atoms with Crippen LogP contribution in [0.15, 0.2) is 5.38 Å². The van der Waals surface area contributed by atoms with Crippen LogP contribution >= 0.6 is 11.3 Å². The van der Waals surface area contributed by atoms with Crippen molar-refractivity contribution in [2.24, 2.45) is 0 Å². The molecule has 2 saturated heterocycles. The molecule has 1 aromatic rings. The van der Waals surface area contributed by atoms with Gasteiger partial charge in [-0.25, -0.2) is 4.98 Å². The van der Waals surface area contributed by atoms with E-state index in [1.165, 1.54) is 23.9 Å². The molecule has 0 spiro atoms. The largest absolute Gasteiger partial charge is 0.345 e. The second-order valence-corrected chi connectivity index (χ2v) is 5.66. The second kappa shape index (κ2) is 4.92. The van der Waals surface area contributed by atoms with E-state index in [1.807, 2.05) is 0 Å². The van der Waals surface area contributed by atoms with Crippen LogP contribution in [0.1, 0.15) is 12.6 Å². The highest BCUT2D eigenvalue weighted by atomic mass is 32.1. The molecule has 94 valence electrons. The van der Waals surface area contributed by atoms with Crippen molar-refractivity contribution in [3.63, 3.8) is 0 Å². The molecular weight excluding hydrogens is 232 g/mol. The first-order chi connectivity index (χ1) is 8.36. The lowest BCUT2D eigenvalue weighted by Crippen LogP contribution is -2.62. The predicted octanol–water partition coefficient (Wildman–Crippen LogP) is 0.799. The zero-order valence-corrected chi connectivity index (χ0v) is 11.2. The number of rotatable bonds is 3. The van der Waals surface area contributed by atoms with Crippen molar-refractivity contribution in [3.8, 4) is 0 Å². The topological polar surface area (TPSA) is 31.4 Å². The molecule has 3 rings (SSSR count). The molecule has 0 amide bonds. The van der Waals surface area contributed by atoms with Crippen molar-refractivity contribution in [2.75, 3.05) is 44.2 Å². The quantitative estimate of drug-likeness (QED) is 0.862. The molecule has 1 N–H and O–H groups in total. The average Bonchev–Trinajstić information content (AvgIpc) is 2.77. The van der Waals surface area contributed by atoms with E-state index in [-0.39, 0.29) is 0 Å². The Balaban J connectivity index is 1.53. The van der Waals surface area contributed by atoms with Gasteiger partial charge in [-0.05, 0) is 6.42 Å². The molecule has 17 heavy (non-hydrogen) atoms. The molecule has 2 aliphatic rings. The molecular formula is C12H20N4S.